The van der Waals surface area contributed by atoms with Crippen LogP contribution in [0.3, 0.4) is 0 Å². The maximum Gasteiger partial charge on any atom is 0.417 e. The molecule has 6 heteroatoms. The smallest absolute Gasteiger partial charge is 0.417 e. The first-order valence-electron chi connectivity index (χ1n) is 5.84. The average Bonchev–Trinajstić information content (AvgIpc) is 2.47. The number of amides is 1. The van der Waals surface area contributed by atoms with Crippen molar-refractivity contribution in [2.24, 2.45) is 0 Å². The van der Waals surface area contributed by atoms with E-state index in [1.54, 1.807) is 30.3 Å². The van der Waals surface area contributed by atoms with Crippen LogP contribution in [0.4, 0.5) is 16.3 Å². The number of pyridine rings is 1. The molecular weight excluding hydrogens is 260 g/mol. The Morgan fingerprint density at radius 1 is 1.15 bits per heavy atom. The number of hydrogen-bond acceptors (Lipinski definition) is 4. The molecule has 1 aromatic carbocycles. The summed E-state index contributed by atoms with van der Waals surface area (Å²) in [5, 5.41) is 9.41. The van der Waals surface area contributed by atoms with Gasteiger partial charge in [-0.05, 0) is 12.1 Å². The van der Waals surface area contributed by atoms with E-state index in [1.165, 1.54) is 20.3 Å². The molecule has 0 fully saturated rings. The molecule has 2 aromatic rings. The average molecular weight is 274 g/mol. The van der Waals surface area contributed by atoms with Gasteiger partial charge < -0.3 is 14.6 Å². The second-order valence-electron chi connectivity index (χ2n) is 3.86. The van der Waals surface area contributed by atoms with Gasteiger partial charge in [0.1, 0.15) is 11.6 Å². The Kier molecular flexibility index (Phi) is 4.05. The third-order valence-electron chi connectivity index (χ3n) is 2.64. The van der Waals surface area contributed by atoms with Crippen LogP contribution < -0.4 is 14.4 Å². The van der Waals surface area contributed by atoms with E-state index in [0.29, 0.717) is 11.4 Å². The monoisotopic (exact) mass is 274 g/mol. The topological polar surface area (TPSA) is 71.9 Å². The summed E-state index contributed by atoms with van der Waals surface area (Å²) in [6.07, 6.45) is -1.14. The van der Waals surface area contributed by atoms with Crippen molar-refractivity contribution >= 4 is 17.6 Å². The number of carboxylic acid groups (broad SMARTS) is 1. The summed E-state index contributed by atoms with van der Waals surface area (Å²) in [6, 6.07) is 11.8. The van der Waals surface area contributed by atoms with Crippen LogP contribution in [0, 0.1) is 0 Å². The van der Waals surface area contributed by atoms with E-state index in [-0.39, 0.29) is 11.7 Å². The zero-order valence-electron chi connectivity index (χ0n) is 11.1. The Bertz CT molecular complexity index is 579. The molecule has 2 rings (SSSR count). The first kappa shape index (κ1) is 13.7. The lowest BCUT2D eigenvalue weighted by Gasteiger charge is -2.19. The molecule has 0 aliphatic heterocycles. The summed E-state index contributed by atoms with van der Waals surface area (Å²) < 4.78 is 10.2. The van der Waals surface area contributed by atoms with Crippen LogP contribution >= 0.6 is 0 Å². The third kappa shape index (κ3) is 2.80. The molecule has 1 heterocycles. The molecule has 0 aliphatic carbocycles. The molecule has 0 aliphatic rings. The minimum absolute atomic E-state index is 0.208. The number of ether oxygens (including phenoxy) is 2. The molecular formula is C14H14N2O4. The van der Waals surface area contributed by atoms with Gasteiger partial charge in [0, 0.05) is 12.1 Å². The van der Waals surface area contributed by atoms with Crippen LogP contribution in [0.5, 0.6) is 11.6 Å². The second-order valence-corrected chi connectivity index (χ2v) is 3.86. The summed E-state index contributed by atoms with van der Waals surface area (Å²) in [4.78, 5) is 16.7. The Balaban J connectivity index is 2.52. The Hall–Kier alpha value is -2.76. The molecule has 20 heavy (non-hydrogen) atoms. The fourth-order valence-corrected chi connectivity index (χ4v) is 1.72. The lowest BCUT2D eigenvalue weighted by atomic mass is 10.3. The third-order valence-corrected chi connectivity index (χ3v) is 2.64. The normalized spacial score (nSPS) is 9.90. The molecule has 1 amide bonds. The van der Waals surface area contributed by atoms with Gasteiger partial charge >= 0.3 is 6.09 Å². The number of methoxy groups -OCH3 is 2. The molecule has 1 aromatic heterocycles. The van der Waals surface area contributed by atoms with Crippen molar-refractivity contribution in [1.82, 2.24) is 4.98 Å². The summed E-state index contributed by atoms with van der Waals surface area (Å²) in [5.41, 5.74) is 0.489. The van der Waals surface area contributed by atoms with Gasteiger partial charge in [0.2, 0.25) is 5.88 Å². The molecule has 0 saturated heterocycles. The number of anilines is 2. The van der Waals surface area contributed by atoms with Gasteiger partial charge in [0.25, 0.3) is 0 Å². The van der Waals surface area contributed by atoms with E-state index in [2.05, 4.69) is 4.98 Å². The van der Waals surface area contributed by atoms with Gasteiger partial charge in [0.05, 0.1) is 19.9 Å². The highest BCUT2D eigenvalue weighted by Gasteiger charge is 2.19. The van der Waals surface area contributed by atoms with Crippen LogP contribution in [0.15, 0.2) is 42.5 Å². The van der Waals surface area contributed by atoms with Crippen molar-refractivity contribution in [2.45, 2.75) is 0 Å². The Labute approximate surface area is 116 Å². The van der Waals surface area contributed by atoms with Crippen molar-refractivity contribution in [3.8, 4) is 11.6 Å². The summed E-state index contributed by atoms with van der Waals surface area (Å²) in [7, 11) is 2.95. The van der Waals surface area contributed by atoms with Crippen LogP contribution in [0.2, 0.25) is 0 Å². The minimum Gasteiger partial charge on any atom is -0.496 e. The van der Waals surface area contributed by atoms with E-state index in [9.17, 15) is 9.90 Å². The van der Waals surface area contributed by atoms with E-state index in [4.69, 9.17) is 9.47 Å². The lowest BCUT2D eigenvalue weighted by molar-refractivity contribution is 0.204. The highest BCUT2D eigenvalue weighted by atomic mass is 16.5. The minimum atomic E-state index is -1.14. The predicted octanol–water partition coefficient (Wildman–Crippen LogP) is 2.91. The van der Waals surface area contributed by atoms with Gasteiger partial charge in [-0.2, -0.15) is 4.98 Å². The van der Waals surface area contributed by atoms with Crippen LogP contribution in [0.25, 0.3) is 0 Å². The summed E-state index contributed by atoms with van der Waals surface area (Å²) in [5.74, 6) is 0.954. The zero-order valence-corrected chi connectivity index (χ0v) is 11.1. The Morgan fingerprint density at radius 3 is 2.40 bits per heavy atom. The number of aromatic nitrogens is 1. The number of benzene rings is 1. The van der Waals surface area contributed by atoms with Crippen molar-refractivity contribution in [3.05, 3.63) is 42.5 Å². The van der Waals surface area contributed by atoms with Crippen molar-refractivity contribution in [2.75, 3.05) is 19.1 Å². The summed E-state index contributed by atoms with van der Waals surface area (Å²) >= 11 is 0. The number of nitrogens with zero attached hydrogens (tertiary/aromatic N) is 2. The van der Waals surface area contributed by atoms with Gasteiger partial charge in [-0.25, -0.2) is 9.69 Å². The van der Waals surface area contributed by atoms with Gasteiger partial charge in [0.15, 0.2) is 0 Å². The van der Waals surface area contributed by atoms with E-state index in [1.807, 2.05) is 6.07 Å². The first-order valence-corrected chi connectivity index (χ1v) is 5.84. The number of rotatable bonds is 4. The number of para-hydroxylation sites is 1. The number of carbonyl (C=O) groups is 1. The maximum absolute atomic E-state index is 11.5. The van der Waals surface area contributed by atoms with Crippen molar-refractivity contribution in [1.29, 1.82) is 0 Å². The predicted molar refractivity (Wildman–Crippen MR) is 73.9 cm³/mol. The highest BCUT2D eigenvalue weighted by Crippen LogP contribution is 2.29. The van der Waals surface area contributed by atoms with E-state index in [0.717, 1.165) is 4.90 Å². The van der Waals surface area contributed by atoms with Gasteiger partial charge in [-0.15, -0.1) is 0 Å². The Morgan fingerprint density at radius 2 is 1.85 bits per heavy atom. The van der Waals surface area contributed by atoms with Gasteiger partial charge in [-0.1, -0.05) is 18.2 Å². The van der Waals surface area contributed by atoms with Crippen LogP contribution in [0.1, 0.15) is 0 Å². The molecule has 1 N–H and O–H groups in total. The first-order chi connectivity index (χ1) is 9.65. The van der Waals surface area contributed by atoms with Crippen LogP contribution in [-0.4, -0.2) is 30.4 Å². The SMILES string of the molecule is COc1cc(OC)nc(N(C(=O)O)c2ccccc2)c1. The fourth-order valence-electron chi connectivity index (χ4n) is 1.72. The molecule has 104 valence electrons. The number of hydrogen-bond donors (Lipinski definition) is 1. The molecule has 0 spiro atoms. The van der Waals surface area contributed by atoms with Crippen LogP contribution in [-0.2, 0) is 0 Å². The van der Waals surface area contributed by atoms with Crippen molar-refractivity contribution in [3.63, 3.8) is 0 Å². The fraction of sp³-hybridized carbons (Fsp3) is 0.143. The maximum atomic E-state index is 11.5. The molecule has 0 saturated carbocycles. The molecule has 0 unspecified atom stereocenters. The molecule has 0 radical (unpaired) electrons. The van der Waals surface area contributed by atoms with Gasteiger partial charge in [-0.3, -0.25) is 0 Å². The molecule has 0 atom stereocenters. The standard InChI is InChI=1S/C14H14N2O4/c1-19-11-8-12(15-13(9-11)20-2)16(14(17)18)10-6-4-3-5-7-10/h3-9H,1-2H3,(H,17,18). The quantitative estimate of drug-likeness (QED) is 0.928. The zero-order chi connectivity index (χ0) is 14.5. The van der Waals surface area contributed by atoms with E-state index >= 15 is 0 Å². The molecule has 0 bridgehead atoms. The van der Waals surface area contributed by atoms with E-state index < -0.39 is 6.09 Å². The van der Waals surface area contributed by atoms with Crippen molar-refractivity contribution < 1.29 is 19.4 Å². The second kappa shape index (κ2) is 5.92. The highest BCUT2D eigenvalue weighted by molar-refractivity contribution is 5.93. The lowest BCUT2D eigenvalue weighted by Crippen LogP contribution is -2.24. The largest absolute Gasteiger partial charge is 0.496 e. The molecule has 6 nitrogen and oxygen atoms in total. The summed E-state index contributed by atoms with van der Waals surface area (Å²) in [6.45, 7) is 0.